The van der Waals surface area contributed by atoms with E-state index in [1.807, 2.05) is 121 Å². The lowest BCUT2D eigenvalue weighted by molar-refractivity contribution is -0.208. The number of rotatable bonds is 20. The molecular formula is C35H40NO8P. The van der Waals surface area contributed by atoms with Crippen molar-refractivity contribution in [2.75, 3.05) is 12.7 Å². The number of nitrogens with zero attached hydrogens (tertiary/aromatic N) is 1. The first kappa shape index (κ1) is 34.2. The zero-order chi connectivity index (χ0) is 31.7. The summed E-state index contributed by atoms with van der Waals surface area (Å²) in [4.78, 5) is 37.7. The summed E-state index contributed by atoms with van der Waals surface area (Å²) >= 11 is 0. The molecule has 0 aliphatic rings. The fraction of sp³-hybridized carbons (Fsp3) is 0.286. The Labute approximate surface area is 264 Å². The van der Waals surface area contributed by atoms with Crippen LogP contribution in [-0.2, 0) is 54.8 Å². The summed E-state index contributed by atoms with van der Waals surface area (Å²) in [7, 11) is -4.37. The third kappa shape index (κ3) is 12.7. The number of carbonyl (C=O) groups excluding carboxylic acids is 1. The molecule has 4 rings (SSSR count). The molecule has 0 aromatic heterocycles. The van der Waals surface area contributed by atoms with Crippen LogP contribution < -0.4 is 0 Å². The van der Waals surface area contributed by atoms with Crippen LogP contribution in [0.15, 0.2) is 121 Å². The number of ether oxygens (including phenoxy) is 3. The lowest BCUT2D eigenvalue weighted by atomic mass is 10.0. The van der Waals surface area contributed by atoms with Gasteiger partial charge >= 0.3 is 7.60 Å². The van der Waals surface area contributed by atoms with E-state index in [0.717, 1.165) is 22.3 Å². The van der Waals surface area contributed by atoms with Gasteiger partial charge in [0.1, 0.15) is 18.8 Å². The van der Waals surface area contributed by atoms with Crippen molar-refractivity contribution >= 4 is 14.0 Å². The topological polar surface area (TPSA) is 115 Å². The fourth-order valence-corrected chi connectivity index (χ4v) is 5.29. The molecule has 0 spiro atoms. The maximum atomic E-state index is 12.2. The van der Waals surface area contributed by atoms with Gasteiger partial charge in [0.15, 0.2) is 0 Å². The Hall–Kier alpha value is -3.66. The van der Waals surface area contributed by atoms with E-state index < -0.39 is 32.1 Å². The van der Waals surface area contributed by atoms with E-state index in [4.69, 9.17) is 19.0 Å². The van der Waals surface area contributed by atoms with Crippen molar-refractivity contribution in [3.63, 3.8) is 0 Å². The van der Waals surface area contributed by atoms with Gasteiger partial charge in [0, 0.05) is 0 Å². The zero-order valence-electron chi connectivity index (χ0n) is 25.0. The average Bonchev–Trinajstić information content (AvgIpc) is 3.07. The number of benzene rings is 4. The summed E-state index contributed by atoms with van der Waals surface area (Å²) in [5, 5.41) is 1.17. The Morgan fingerprint density at radius 3 is 1.42 bits per heavy atom. The van der Waals surface area contributed by atoms with Crippen LogP contribution in [0.2, 0.25) is 0 Å². The molecule has 10 heteroatoms. The van der Waals surface area contributed by atoms with Crippen LogP contribution in [0.3, 0.4) is 0 Å². The predicted octanol–water partition coefficient (Wildman–Crippen LogP) is 5.90. The van der Waals surface area contributed by atoms with Crippen molar-refractivity contribution in [2.45, 2.75) is 51.2 Å². The molecule has 9 nitrogen and oxygen atoms in total. The molecule has 0 unspecified atom stereocenters. The number of amides is 1. The first-order valence-corrected chi connectivity index (χ1v) is 16.6. The fourth-order valence-electron chi connectivity index (χ4n) is 4.70. The zero-order valence-corrected chi connectivity index (χ0v) is 25.9. The predicted molar refractivity (Wildman–Crippen MR) is 171 cm³/mol. The van der Waals surface area contributed by atoms with Gasteiger partial charge in [0.05, 0.1) is 38.6 Å². The minimum atomic E-state index is -4.37. The summed E-state index contributed by atoms with van der Waals surface area (Å²) in [6.45, 7) is 0.706. The molecule has 2 N–H and O–H groups in total. The summed E-state index contributed by atoms with van der Waals surface area (Å²) in [6.07, 6.45) is -2.27. The van der Waals surface area contributed by atoms with Crippen molar-refractivity contribution in [3.8, 4) is 0 Å². The Morgan fingerprint density at radius 1 is 0.600 bits per heavy atom. The SMILES string of the molecule is O=CN(C[C@@H](OCc1ccccc1)[C@@H](OCc1ccccc1)[C@@H](CCP(=O)(O)O)OCc1ccccc1)OCc1ccccc1. The van der Waals surface area contributed by atoms with Gasteiger partial charge in [-0.3, -0.25) is 14.2 Å². The number of carbonyl (C=O) groups is 1. The lowest BCUT2D eigenvalue weighted by Gasteiger charge is -2.35. The number of hydrogen-bond donors (Lipinski definition) is 2. The summed E-state index contributed by atoms with van der Waals surface area (Å²) in [6, 6.07) is 38.1. The van der Waals surface area contributed by atoms with E-state index in [2.05, 4.69) is 0 Å². The van der Waals surface area contributed by atoms with Crippen LogP contribution in [-0.4, -0.2) is 52.3 Å². The highest BCUT2D eigenvalue weighted by Gasteiger charge is 2.35. The first-order valence-electron chi connectivity index (χ1n) is 14.8. The van der Waals surface area contributed by atoms with Gasteiger partial charge in [0.25, 0.3) is 0 Å². The van der Waals surface area contributed by atoms with Crippen LogP contribution in [0.1, 0.15) is 28.7 Å². The van der Waals surface area contributed by atoms with Crippen LogP contribution in [0.5, 0.6) is 0 Å². The molecule has 0 aliphatic carbocycles. The Morgan fingerprint density at radius 2 is 1.00 bits per heavy atom. The van der Waals surface area contributed by atoms with Crippen molar-refractivity contribution in [1.82, 2.24) is 5.06 Å². The molecule has 4 aromatic carbocycles. The second kappa shape index (κ2) is 18.3. The molecule has 0 radical (unpaired) electrons. The number of hydroxylamine groups is 2. The molecule has 45 heavy (non-hydrogen) atoms. The highest BCUT2D eigenvalue weighted by Crippen LogP contribution is 2.37. The molecule has 3 atom stereocenters. The van der Waals surface area contributed by atoms with Crippen molar-refractivity contribution < 1.29 is 38.2 Å². The van der Waals surface area contributed by atoms with Crippen LogP contribution in [0, 0.1) is 0 Å². The lowest BCUT2D eigenvalue weighted by Crippen LogP contribution is -2.48. The third-order valence-corrected chi connectivity index (χ3v) is 7.89. The van der Waals surface area contributed by atoms with E-state index in [9.17, 15) is 19.1 Å². The summed E-state index contributed by atoms with van der Waals surface area (Å²) < 4.78 is 31.3. The Balaban J connectivity index is 1.63. The van der Waals surface area contributed by atoms with Crippen molar-refractivity contribution in [3.05, 3.63) is 144 Å². The largest absolute Gasteiger partial charge is 0.371 e. The highest BCUT2D eigenvalue weighted by molar-refractivity contribution is 7.51. The van der Waals surface area contributed by atoms with E-state index in [-0.39, 0.29) is 39.4 Å². The van der Waals surface area contributed by atoms with Gasteiger partial charge in [-0.25, -0.2) is 5.06 Å². The van der Waals surface area contributed by atoms with Gasteiger partial charge in [0.2, 0.25) is 6.41 Å². The van der Waals surface area contributed by atoms with E-state index in [0.29, 0.717) is 6.41 Å². The average molecular weight is 634 g/mol. The molecule has 0 saturated carbocycles. The van der Waals surface area contributed by atoms with Gasteiger partial charge in [-0.05, 0) is 28.7 Å². The molecule has 0 aliphatic heterocycles. The quantitative estimate of drug-likeness (QED) is 0.0703. The van der Waals surface area contributed by atoms with Gasteiger partial charge in [-0.15, -0.1) is 0 Å². The van der Waals surface area contributed by atoms with Crippen molar-refractivity contribution in [1.29, 1.82) is 0 Å². The van der Waals surface area contributed by atoms with Crippen LogP contribution in [0.4, 0.5) is 0 Å². The minimum absolute atomic E-state index is 0.00622. The van der Waals surface area contributed by atoms with Crippen molar-refractivity contribution in [2.24, 2.45) is 0 Å². The van der Waals surface area contributed by atoms with E-state index in [1.54, 1.807) is 0 Å². The molecular weight excluding hydrogens is 593 g/mol. The van der Waals surface area contributed by atoms with Gasteiger partial charge in [-0.2, -0.15) is 0 Å². The molecule has 4 aromatic rings. The maximum Gasteiger partial charge on any atom is 0.325 e. The molecule has 0 heterocycles. The Bertz CT molecular complexity index is 1420. The molecule has 0 fully saturated rings. The Kier molecular flexibility index (Phi) is 13.9. The molecule has 238 valence electrons. The summed E-state index contributed by atoms with van der Waals surface area (Å²) in [5.74, 6) is 0. The summed E-state index contributed by atoms with van der Waals surface area (Å²) in [5.41, 5.74) is 3.58. The minimum Gasteiger partial charge on any atom is -0.371 e. The standard InChI is InChI=1S/C35H40NO8P/c37-28-36(44-27-32-19-11-4-12-20-32)23-34(42-25-30-15-7-2-8-16-30)35(43-26-31-17-9-3-10-18-31)33(21-22-45(38,39)40)41-24-29-13-5-1-6-14-29/h1-20,28,33-35H,21-27H2,(H2,38,39,40)/t33-,34-,35+/m1/s1. The monoisotopic (exact) mass is 633 g/mol. The van der Waals surface area contributed by atoms with E-state index in [1.165, 1.54) is 5.06 Å². The van der Waals surface area contributed by atoms with Crippen LogP contribution >= 0.6 is 7.60 Å². The second-order valence-corrected chi connectivity index (χ2v) is 12.3. The molecule has 0 bridgehead atoms. The first-order chi connectivity index (χ1) is 21.9. The van der Waals surface area contributed by atoms with E-state index >= 15 is 0 Å². The number of hydrogen-bond acceptors (Lipinski definition) is 6. The maximum absolute atomic E-state index is 12.2. The van der Waals surface area contributed by atoms with Gasteiger partial charge < -0.3 is 24.0 Å². The van der Waals surface area contributed by atoms with Gasteiger partial charge in [-0.1, -0.05) is 121 Å². The normalized spacial score (nSPS) is 13.6. The highest BCUT2D eigenvalue weighted by atomic mass is 31.2. The third-order valence-electron chi connectivity index (χ3n) is 7.05. The molecule has 0 saturated heterocycles. The van der Waals surface area contributed by atoms with Crippen LogP contribution in [0.25, 0.3) is 0 Å². The smallest absolute Gasteiger partial charge is 0.325 e. The second-order valence-electron chi connectivity index (χ2n) is 10.6. The molecule has 1 amide bonds.